The maximum absolute atomic E-state index is 13.2. The number of unbranched alkanes of at least 4 members (excludes halogenated alkanes) is 1. The highest BCUT2D eigenvalue weighted by Gasteiger charge is 2.46. The Kier molecular flexibility index (Phi) is 7.07. The minimum Gasteiger partial charge on any atom is -0.507 e. The molecule has 1 saturated heterocycles. The molecule has 5 heteroatoms. The number of aliphatic hydroxyl groups excluding tert-OH is 1. The monoisotopic (exact) mass is 435 g/mol. The van der Waals surface area contributed by atoms with E-state index < -0.39 is 17.7 Å². The number of Topliss-reactive ketones (excluding diaryl/α,β-unsaturated/α-hetero) is 1. The van der Waals surface area contributed by atoms with E-state index in [1.165, 1.54) is 0 Å². The molecule has 2 aromatic carbocycles. The van der Waals surface area contributed by atoms with E-state index in [4.69, 9.17) is 4.74 Å². The first kappa shape index (κ1) is 23.6. The van der Waals surface area contributed by atoms with E-state index in [1.807, 2.05) is 71.0 Å². The molecule has 0 radical (unpaired) electrons. The summed E-state index contributed by atoms with van der Waals surface area (Å²) in [6.07, 6.45) is 1.69. The van der Waals surface area contributed by atoms with Gasteiger partial charge in [-0.1, -0.05) is 51.5 Å². The Morgan fingerprint density at radius 3 is 2.41 bits per heavy atom. The number of aliphatic hydroxyl groups is 1. The summed E-state index contributed by atoms with van der Waals surface area (Å²) in [5, 5.41) is 11.5. The van der Waals surface area contributed by atoms with Gasteiger partial charge in [-0.05, 0) is 60.6 Å². The smallest absolute Gasteiger partial charge is 0.295 e. The normalized spacial score (nSPS) is 18.0. The van der Waals surface area contributed by atoms with E-state index in [9.17, 15) is 14.7 Å². The summed E-state index contributed by atoms with van der Waals surface area (Å²) in [5.74, 6) is -0.404. The Morgan fingerprint density at radius 1 is 1.12 bits per heavy atom. The van der Waals surface area contributed by atoms with Gasteiger partial charge in [-0.25, -0.2) is 0 Å². The number of hydrogen-bond acceptors (Lipinski definition) is 4. The molecule has 32 heavy (non-hydrogen) atoms. The minimum atomic E-state index is -0.631. The molecule has 1 aliphatic rings. The summed E-state index contributed by atoms with van der Waals surface area (Å²) in [4.78, 5) is 27.8. The van der Waals surface area contributed by atoms with Gasteiger partial charge >= 0.3 is 0 Å². The van der Waals surface area contributed by atoms with Crippen LogP contribution in [0.1, 0.15) is 73.4 Å². The highest BCUT2D eigenvalue weighted by Crippen LogP contribution is 2.42. The minimum absolute atomic E-state index is 0.127. The third-order valence-electron chi connectivity index (χ3n) is 6.23. The third kappa shape index (κ3) is 4.16. The number of hydrogen-bond donors (Lipinski definition) is 1. The first-order valence-corrected chi connectivity index (χ1v) is 11.3. The van der Waals surface area contributed by atoms with Gasteiger partial charge in [0.05, 0.1) is 18.7 Å². The molecule has 0 aromatic heterocycles. The SMILES string of the molecule is CCCCN1C(=O)C(=O)/C(=C(/O)c2cc(C(C)C)c(OC)cc2C)C1c1ccccc1C. The Morgan fingerprint density at radius 2 is 1.81 bits per heavy atom. The summed E-state index contributed by atoms with van der Waals surface area (Å²) in [6, 6.07) is 10.9. The highest BCUT2D eigenvalue weighted by molar-refractivity contribution is 6.46. The molecular formula is C27H33NO4. The number of ether oxygens (including phenoxy) is 1. The third-order valence-corrected chi connectivity index (χ3v) is 6.23. The number of ketones is 1. The maximum atomic E-state index is 13.2. The first-order valence-electron chi connectivity index (χ1n) is 11.3. The molecule has 0 saturated carbocycles. The summed E-state index contributed by atoms with van der Waals surface area (Å²) in [5.41, 5.74) is 4.27. The van der Waals surface area contributed by atoms with Crippen LogP contribution in [0.15, 0.2) is 42.0 Å². The van der Waals surface area contributed by atoms with Gasteiger partial charge in [0.15, 0.2) is 0 Å². The molecule has 2 aromatic rings. The molecule has 5 nitrogen and oxygen atoms in total. The van der Waals surface area contributed by atoms with E-state index in [2.05, 4.69) is 0 Å². The molecule has 1 heterocycles. The Labute approximate surface area is 190 Å². The van der Waals surface area contributed by atoms with E-state index in [-0.39, 0.29) is 17.3 Å². The summed E-state index contributed by atoms with van der Waals surface area (Å²) in [7, 11) is 1.62. The maximum Gasteiger partial charge on any atom is 0.295 e. The zero-order valence-electron chi connectivity index (χ0n) is 19.9. The van der Waals surface area contributed by atoms with Crippen LogP contribution in [0.3, 0.4) is 0 Å². The predicted octanol–water partition coefficient (Wildman–Crippen LogP) is 5.66. The summed E-state index contributed by atoms with van der Waals surface area (Å²) < 4.78 is 5.53. The van der Waals surface area contributed by atoms with Crippen LogP contribution < -0.4 is 4.74 Å². The van der Waals surface area contributed by atoms with Crippen LogP contribution in [0.4, 0.5) is 0 Å². The molecule has 1 fully saturated rings. The average Bonchev–Trinajstić information content (AvgIpc) is 3.01. The van der Waals surface area contributed by atoms with Gasteiger partial charge in [0.2, 0.25) is 0 Å². The number of carbonyl (C=O) groups is 2. The van der Waals surface area contributed by atoms with Crippen molar-refractivity contribution in [1.29, 1.82) is 0 Å². The second-order valence-corrected chi connectivity index (χ2v) is 8.77. The number of nitrogens with zero attached hydrogens (tertiary/aromatic N) is 1. The number of methoxy groups -OCH3 is 1. The molecule has 0 spiro atoms. The summed E-state index contributed by atoms with van der Waals surface area (Å²) >= 11 is 0. The van der Waals surface area contributed by atoms with Crippen molar-refractivity contribution >= 4 is 17.4 Å². The number of likely N-dealkylation sites (tertiary alicyclic amines) is 1. The van der Waals surface area contributed by atoms with Crippen molar-refractivity contribution in [2.45, 2.75) is 59.4 Å². The van der Waals surface area contributed by atoms with Gasteiger partial charge in [0.1, 0.15) is 11.5 Å². The number of aryl methyl sites for hydroxylation is 2. The van der Waals surface area contributed by atoms with Crippen LogP contribution in [0.2, 0.25) is 0 Å². The van der Waals surface area contributed by atoms with Crippen molar-refractivity contribution in [3.8, 4) is 5.75 Å². The lowest BCUT2D eigenvalue weighted by molar-refractivity contribution is -0.139. The van der Waals surface area contributed by atoms with Crippen LogP contribution in [0.25, 0.3) is 5.76 Å². The van der Waals surface area contributed by atoms with Crippen molar-refractivity contribution in [3.05, 3.63) is 69.8 Å². The molecule has 3 rings (SSSR count). The fourth-order valence-electron chi connectivity index (χ4n) is 4.38. The molecule has 1 unspecified atom stereocenters. The predicted molar refractivity (Wildman–Crippen MR) is 127 cm³/mol. The van der Waals surface area contributed by atoms with Crippen LogP contribution in [0.5, 0.6) is 5.75 Å². The molecular weight excluding hydrogens is 402 g/mol. The summed E-state index contributed by atoms with van der Waals surface area (Å²) in [6.45, 7) is 10.5. The standard InChI is InChI=1S/C27H33NO4/c1-7-8-13-28-24(19-12-10-9-11-17(19)4)23(26(30)27(28)31)25(29)21-15-20(16(2)3)22(32-6)14-18(21)5/h9-12,14-16,24,29H,7-8,13H2,1-6H3/b25-23+. The van der Waals surface area contributed by atoms with Gasteiger partial charge in [0, 0.05) is 12.1 Å². The van der Waals surface area contributed by atoms with Gasteiger partial charge in [-0.15, -0.1) is 0 Å². The van der Waals surface area contributed by atoms with E-state index in [1.54, 1.807) is 12.0 Å². The molecule has 1 amide bonds. The number of amides is 1. The van der Waals surface area contributed by atoms with Crippen LogP contribution in [-0.2, 0) is 9.59 Å². The van der Waals surface area contributed by atoms with Crippen LogP contribution in [-0.4, -0.2) is 35.4 Å². The van der Waals surface area contributed by atoms with Crippen molar-refractivity contribution < 1.29 is 19.4 Å². The Balaban J connectivity index is 2.27. The average molecular weight is 436 g/mol. The first-order chi connectivity index (χ1) is 15.2. The molecule has 1 aliphatic heterocycles. The zero-order valence-corrected chi connectivity index (χ0v) is 19.9. The Bertz CT molecular complexity index is 1070. The largest absolute Gasteiger partial charge is 0.507 e. The van der Waals surface area contributed by atoms with Crippen molar-refractivity contribution in [1.82, 2.24) is 4.90 Å². The second-order valence-electron chi connectivity index (χ2n) is 8.77. The molecule has 170 valence electrons. The second kappa shape index (κ2) is 9.60. The zero-order chi connectivity index (χ0) is 23.6. The lowest BCUT2D eigenvalue weighted by atomic mass is 9.90. The van der Waals surface area contributed by atoms with E-state index >= 15 is 0 Å². The van der Waals surface area contributed by atoms with Crippen LogP contribution in [0, 0.1) is 13.8 Å². The fourth-order valence-corrected chi connectivity index (χ4v) is 4.38. The number of benzene rings is 2. The van der Waals surface area contributed by atoms with Crippen molar-refractivity contribution in [2.75, 3.05) is 13.7 Å². The molecule has 1 atom stereocenters. The fraction of sp³-hybridized carbons (Fsp3) is 0.407. The molecule has 0 bridgehead atoms. The Hall–Kier alpha value is -3.08. The highest BCUT2D eigenvalue weighted by atomic mass is 16.5. The lowest BCUT2D eigenvalue weighted by Gasteiger charge is -2.26. The van der Waals surface area contributed by atoms with Gasteiger partial charge < -0.3 is 14.7 Å². The topological polar surface area (TPSA) is 66.8 Å². The van der Waals surface area contributed by atoms with E-state index in [0.717, 1.165) is 40.8 Å². The van der Waals surface area contributed by atoms with Crippen LogP contribution >= 0.6 is 0 Å². The van der Waals surface area contributed by atoms with E-state index in [0.29, 0.717) is 12.1 Å². The lowest BCUT2D eigenvalue weighted by Crippen LogP contribution is -2.30. The van der Waals surface area contributed by atoms with Crippen molar-refractivity contribution in [2.24, 2.45) is 0 Å². The molecule has 0 aliphatic carbocycles. The molecule has 1 N–H and O–H groups in total. The van der Waals surface area contributed by atoms with Crippen molar-refractivity contribution in [3.63, 3.8) is 0 Å². The number of rotatable bonds is 7. The number of carbonyl (C=O) groups excluding carboxylic acids is 2. The van der Waals surface area contributed by atoms with Gasteiger partial charge in [0.25, 0.3) is 11.7 Å². The van der Waals surface area contributed by atoms with Gasteiger partial charge in [-0.3, -0.25) is 9.59 Å². The quantitative estimate of drug-likeness (QED) is 0.346. The van der Waals surface area contributed by atoms with Gasteiger partial charge in [-0.2, -0.15) is 0 Å².